The lowest BCUT2D eigenvalue weighted by Crippen LogP contribution is -2.34. The monoisotopic (exact) mass is 477 g/mol. The highest BCUT2D eigenvalue weighted by molar-refractivity contribution is 7.22. The summed E-state index contributed by atoms with van der Waals surface area (Å²) in [5.41, 5.74) is 2.61. The van der Waals surface area contributed by atoms with Crippen molar-refractivity contribution in [2.45, 2.75) is 26.3 Å². The van der Waals surface area contributed by atoms with Gasteiger partial charge in [-0.1, -0.05) is 43.4 Å². The standard InChI is InChI=1S/C26H27N3O4S/c1-17(2)18-8-10-20(11-9-18)33-16-23(30)29(15-19-7-5-6-14-27-19)26-28-24-21(31-3)12-13-22(32-4)25(24)34-26/h5-14,17H,15-16H2,1-4H3. The SMILES string of the molecule is COc1ccc(OC)c2sc(N(Cc3ccccn3)C(=O)COc3ccc(C(C)C)cc3)nc12. The van der Waals surface area contributed by atoms with Gasteiger partial charge in [-0.25, -0.2) is 4.98 Å². The average Bonchev–Trinajstić information content (AvgIpc) is 3.31. The van der Waals surface area contributed by atoms with Crippen LogP contribution in [0.25, 0.3) is 10.2 Å². The van der Waals surface area contributed by atoms with Crippen LogP contribution in [0, 0.1) is 0 Å². The maximum atomic E-state index is 13.4. The second-order valence-corrected chi connectivity index (χ2v) is 8.94. The Kier molecular flexibility index (Phi) is 7.27. The largest absolute Gasteiger partial charge is 0.495 e. The Bertz CT molecular complexity index is 1220. The molecular formula is C26H27N3O4S. The number of methoxy groups -OCH3 is 2. The molecule has 7 nitrogen and oxygen atoms in total. The number of fused-ring (bicyclic) bond motifs is 1. The number of aromatic nitrogens is 2. The van der Waals surface area contributed by atoms with Crippen LogP contribution < -0.4 is 19.1 Å². The van der Waals surface area contributed by atoms with E-state index in [0.717, 1.165) is 10.4 Å². The molecular weight excluding hydrogens is 450 g/mol. The van der Waals surface area contributed by atoms with Gasteiger partial charge in [0, 0.05) is 6.20 Å². The quantitative estimate of drug-likeness (QED) is 0.319. The number of anilines is 1. The lowest BCUT2D eigenvalue weighted by atomic mass is 10.0. The van der Waals surface area contributed by atoms with Crippen molar-refractivity contribution in [3.63, 3.8) is 0 Å². The van der Waals surface area contributed by atoms with Crippen LogP contribution in [-0.4, -0.2) is 36.7 Å². The number of benzene rings is 2. The maximum absolute atomic E-state index is 13.4. The molecule has 2 aromatic heterocycles. The van der Waals surface area contributed by atoms with Crippen molar-refractivity contribution >= 4 is 32.6 Å². The molecule has 0 aliphatic heterocycles. The third kappa shape index (κ3) is 5.12. The first-order valence-electron chi connectivity index (χ1n) is 10.9. The van der Waals surface area contributed by atoms with E-state index in [9.17, 15) is 4.79 Å². The molecule has 0 saturated heterocycles. The molecule has 1 amide bonds. The van der Waals surface area contributed by atoms with Gasteiger partial charge in [-0.05, 0) is 47.9 Å². The lowest BCUT2D eigenvalue weighted by molar-refractivity contribution is -0.120. The Morgan fingerprint density at radius 3 is 2.38 bits per heavy atom. The van der Waals surface area contributed by atoms with Gasteiger partial charge in [-0.15, -0.1) is 0 Å². The molecule has 4 aromatic rings. The van der Waals surface area contributed by atoms with E-state index in [1.165, 1.54) is 16.9 Å². The molecule has 0 N–H and O–H groups in total. The minimum atomic E-state index is -0.226. The van der Waals surface area contributed by atoms with Crippen LogP contribution in [0.2, 0.25) is 0 Å². The Balaban J connectivity index is 1.63. The number of amides is 1. The van der Waals surface area contributed by atoms with Crippen molar-refractivity contribution in [1.29, 1.82) is 0 Å². The van der Waals surface area contributed by atoms with Crippen molar-refractivity contribution in [2.24, 2.45) is 0 Å². The molecule has 4 rings (SSSR count). The van der Waals surface area contributed by atoms with Crippen molar-refractivity contribution < 1.29 is 19.0 Å². The summed E-state index contributed by atoms with van der Waals surface area (Å²) < 4.78 is 17.6. The second kappa shape index (κ2) is 10.5. The van der Waals surface area contributed by atoms with E-state index in [4.69, 9.17) is 19.2 Å². The Labute approximate surface area is 202 Å². The fraction of sp³-hybridized carbons (Fsp3) is 0.269. The van der Waals surface area contributed by atoms with Crippen molar-refractivity contribution in [1.82, 2.24) is 9.97 Å². The van der Waals surface area contributed by atoms with Crippen LogP contribution in [0.5, 0.6) is 17.2 Å². The molecule has 8 heteroatoms. The molecule has 176 valence electrons. The van der Waals surface area contributed by atoms with E-state index in [1.807, 2.05) is 48.5 Å². The van der Waals surface area contributed by atoms with Gasteiger partial charge in [0.2, 0.25) is 0 Å². The van der Waals surface area contributed by atoms with Gasteiger partial charge < -0.3 is 14.2 Å². The number of carbonyl (C=O) groups is 1. The highest BCUT2D eigenvalue weighted by Crippen LogP contribution is 2.40. The van der Waals surface area contributed by atoms with E-state index in [-0.39, 0.29) is 19.1 Å². The van der Waals surface area contributed by atoms with E-state index < -0.39 is 0 Å². The first-order chi connectivity index (χ1) is 16.5. The van der Waals surface area contributed by atoms with Gasteiger partial charge in [0.05, 0.1) is 26.5 Å². The van der Waals surface area contributed by atoms with Crippen LogP contribution in [0.4, 0.5) is 5.13 Å². The number of ether oxygens (including phenoxy) is 3. The van der Waals surface area contributed by atoms with Gasteiger partial charge in [-0.2, -0.15) is 0 Å². The van der Waals surface area contributed by atoms with Crippen molar-refractivity contribution in [2.75, 3.05) is 25.7 Å². The van der Waals surface area contributed by atoms with Crippen LogP contribution in [0.1, 0.15) is 31.0 Å². The topological polar surface area (TPSA) is 73.8 Å². The number of thiazole rings is 1. The molecule has 0 radical (unpaired) electrons. The number of nitrogens with zero attached hydrogens (tertiary/aromatic N) is 3. The number of hydrogen-bond donors (Lipinski definition) is 0. The summed E-state index contributed by atoms with van der Waals surface area (Å²) in [5.74, 6) is 2.13. The van der Waals surface area contributed by atoms with Crippen molar-refractivity contribution in [3.8, 4) is 17.2 Å². The number of pyridine rings is 1. The second-order valence-electron chi connectivity index (χ2n) is 7.96. The van der Waals surface area contributed by atoms with Gasteiger partial charge >= 0.3 is 0 Å². The van der Waals surface area contributed by atoms with Gasteiger partial charge in [0.1, 0.15) is 27.5 Å². The highest BCUT2D eigenvalue weighted by Gasteiger charge is 2.24. The smallest absolute Gasteiger partial charge is 0.267 e. The van der Waals surface area contributed by atoms with E-state index >= 15 is 0 Å². The Morgan fingerprint density at radius 2 is 1.74 bits per heavy atom. The zero-order valence-corrected chi connectivity index (χ0v) is 20.5. The summed E-state index contributed by atoms with van der Waals surface area (Å²) in [7, 11) is 3.20. The molecule has 0 unspecified atom stereocenters. The Morgan fingerprint density at radius 1 is 1.00 bits per heavy atom. The molecule has 0 aliphatic rings. The molecule has 0 atom stereocenters. The fourth-order valence-electron chi connectivity index (χ4n) is 3.48. The summed E-state index contributed by atoms with van der Waals surface area (Å²) in [5, 5.41) is 0.521. The van der Waals surface area contributed by atoms with Gasteiger partial charge in [0.25, 0.3) is 5.91 Å². The minimum Gasteiger partial charge on any atom is -0.495 e. The zero-order chi connectivity index (χ0) is 24.1. The molecule has 2 heterocycles. The van der Waals surface area contributed by atoms with Crippen LogP contribution in [0.3, 0.4) is 0 Å². The lowest BCUT2D eigenvalue weighted by Gasteiger charge is -2.20. The van der Waals surface area contributed by atoms with Crippen molar-refractivity contribution in [3.05, 3.63) is 72.1 Å². The summed E-state index contributed by atoms with van der Waals surface area (Å²) in [4.78, 5) is 24.1. The molecule has 0 bridgehead atoms. The molecule has 0 fully saturated rings. The summed E-state index contributed by atoms with van der Waals surface area (Å²) in [6.45, 7) is 4.41. The normalized spacial score (nSPS) is 11.0. The zero-order valence-electron chi connectivity index (χ0n) is 19.6. The van der Waals surface area contributed by atoms with E-state index in [0.29, 0.717) is 33.8 Å². The molecule has 0 aliphatic carbocycles. The number of carbonyl (C=O) groups excluding carboxylic acids is 1. The van der Waals surface area contributed by atoms with Crippen LogP contribution in [-0.2, 0) is 11.3 Å². The minimum absolute atomic E-state index is 0.127. The van der Waals surface area contributed by atoms with E-state index in [1.54, 1.807) is 31.4 Å². The number of hydrogen-bond acceptors (Lipinski definition) is 7. The number of rotatable bonds is 9. The molecule has 34 heavy (non-hydrogen) atoms. The predicted molar refractivity (Wildman–Crippen MR) is 134 cm³/mol. The predicted octanol–water partition coefficient (Wildman–Crippen LogP) is 5.44. The molecule has 2 aromatic carbocycles. The Hall–Kier alpha value is -3.65. The summed E-state index contributed by atoms with van der Waals surface area (Å²) in [6.07, 6.45) is 1.70. The first-order valence-corrected chi connectivity index (χ1v) is 11.8. The van der Waals surface area contributed by atoms with E-state index in [2.05, 4.69) is 18.8 Å². The highest BCUT2D eigenvalue weighted by atomic mass is 32.1. The summed E-state index contributed by atoms with van der Waals surface area (Å²) >= 11 is 1.37. The third-order valence-corrected chi connectivity index (χ3v) is 6.48. The van der Waals surface area contributed by atoms with Crippen LogP contribution >= 0.6 is 11.3 Å². The van der Waals surface area contributed by atoms with Crippen LogP contribution in [0.15, 0.2) is 60.8 Å². The molecule has 0 spiro atoms. The first kappa shape index (κ1) is 23.5. The van der Waals surface area contributed by atoms with Gasteiger partial charge in [-0.3, -0.25) is 14.7 Å². The molecule has 0 saturated carbocycles. The van der Waals surface area contributed by atoms with Gasteiger partial charge in [0.15, 0.2) is 11.7 Å². The summed E-state index contributed by atoms with van der Waals surface area (Å²) in [6, 6.07) is 17.1. The fourth-order valence-corrected chi connectivity index (χ4v) is 4.57. The average molecular weight is 478 g/mol. The maximum Gasteiger partial charge on any atom is 0.267 e. The third-order valence-electron chi connectivity index (χ3n) is 5.39.